The number of rotatable bonds is 4. The molecule has 9 heteroatoms. The quantitative estimate of drug-likeness (QED) is 0.527. The third-order valence-corrected chi connectivity index (χ3v) is 3.52. The zero-order valence-corrected chi connectivity index (χ0v) is 10.3. The first-order valence-electron chi connectivity index (χ1n) is 4.95. The van der Waals surface area contributed by atoms with Crippen molar-refractivity contribution in [2.45, 2.75) is 4.90 Å². The molecule has 0 aliphatic heterocycles. The molecule has 0 spiro atoms. The molecule has 0 bridgehead atoms. The molecule has 0 aromatic carbocycles. The van der Waals surface area contributed by atoms with Crippen LogP contribution in [0.25, 0.3) is 0 Å². The van der Waals surface area contributed by atoms with Crippen LogP contribution in [0.5, 0.6) is 0 Å². The Hall–Kier alpha value is -2.13. The number of hydrogen-bond acceptors (Lipinski definition) is 6. The lowest BCUT2D eigenvalue weighted by atomic mass is 10.5. The first-order chi connectivity index (χ1) is 8.51. The van der Waals surface area contributed by atoms with Gasteiger partial charge in [-0.15, -0.1) is 0 Å². The van der Waals surface area contributed by atoms with Crippen molar-refractivity contribution in [1.29, 1.82) is 0 Å². The molecule has 0 fully saturated rings. The lowest BCUT2D eigenvalue weighted by Gasteiger charge is -2.06. The summed E-state index contributed by atoms with van der Waals surface area (Å²) in [7, 11) is -1.96. The van der Waals surface area contributed by atoms with E-state index >= 15 is 0 Å². The Morgan fingerprint density at radius 3 is 2.61 bits per heavy atom. The van der Waals surface area contributed by atoms with Crippen LogP contribution in [0.3, 0.4) is 0 Å². The average Bonchev–Trinajstić information content (AvgIpc) is 2.74. The lowest BCUT2D eigenvalue weighted by Crippen LogP contribution is -2.14. The number of anilines is 2. The van der Waals surface area contributed by atoms with E-state index in [0.29, 0.717) is 11.5 Å². The molecule has 0 aliphatic rings. The first-order valence-corrected chi connectivity index (χ1v) is 6.44. The molecular weight excluding hydrogens is 256 g/mol. The Kier molecular flexibility index (Phi) is 3.17. The molecule has 2 aromatic rings. The number of aromatic nitrogens is 3. The van der Waals surface area contributed by atoms with Crippen molar-refractivity contribution in [2.75, 3.05) is 10.1 Å². The normalized spacial score (nSPS) is 11.2. The molecule has 4 N–H and O–H groups in total. The fourth-order valence-electron chi connectivity index (χ4n) is 1.31. The molecule has 0 aliphatic carbocycles. The topological polar surface area (TPSA) is 115 Å². The number of aryl methyl sites for hydroxylation is 1. The monoisotopic (exact) mass is 268 g/mol. The minimum absolute atomic E-state index is 0.0466. The van der Waals surface area contributed by atoms with Crippen LogP contribution in [0.4, 0.5) is 11.5 Å². The van der Waals surface area contributed by atoms with E-state index in [4.69, 9.17) is 5.84 Å². The Labute approximate surface area is 104 Å². The predicted octanol–water partition coefficient (Wildman–Crippen LogP) is -0.0985. The van der Waals surface area contributed by atoms with E-state index in [2.05, 4.69) is 20.2 Å². The summed E-state index contributed by atoms with van der Waals surface area (Å²) < 4.78 is 27.8. The van der Waals surface area contributed by atoms with E-state index in [1.165, 1.54) is 29.2 Å². The molecule has 0 radical (unpaired) electrons. The third kappa shape index (κ3) is 2.57. The highest BCUT2D eigenvalue weighted by atomic mass is 32.2. The Balaban J connectivity index is 2.24. The highest BCUT2D eigenvalue weighted by Crippen LogP contribution is 2.15. The van der Waals surface area contributed by atoms with Gasteiger partial charge in [0.1, 0.15) is 10.7 Å². The molecule has 18 heavy (non-hydrogen) atoms. The average molecular weight is 268 g/mol. The molecule has 96 valence electrons. The zero-order valence-electron chi connectivity index (χ0n) is 9.53. The Bertz CT molecular complexity index is 633. The van der Waals surface area contributed by atoms with Gasteiger partial charge in [-0.2, -0.15) is 5.10 Å². The fraction of sp³-hybridized carbons (Fsp3) is 0.111. The molecule has 8 nitrogen and oxygen atoms in total. The maximum atomic E-state index is 12.0. The number of sulfonamides is 1. The van der Waals surface area contributed by atoms with Crippen molar-refractivity contribution >= 4 is 21.5 Å². The summed E-state index contributed by atoms with van der Waals surface area (Å²) in [6.45, 7) is 0. The maximum absolute atomic E-state index is 12.0. The number of hydrazine groups is 1. The molecule has 0 saturated heterocycles. The van der Waals surface area contributed by atoms with Gasteiger partial charge in [0.25, 0.3) is 10.0 Å². The molecule has 0 unspecified atom stereocenters. The van der Waals surface area contributed by atoms with Crippen LogP contribution in [0, 0.1) is 0 Å². The van der Waals surface area contributed by atoms with E-state index in [0.717, 1.165) is 0 Å². The summed E-state index contributed by atoms with van der Waals surface area (Å²) in [4.78, 5) is 3.88. The van der Waals surface area contributed by atoms with Crippen molar-refractivity contribution in [3.05, 3.63) is 30.7 Å². The SMILES string of the molecule is Cn1cc(NS(=O)(=O)c2ccc(NN)nc2)cn1. The Morgan fingerprint density at radius 1 is 1.33 bits per heavy atom. The minimum Gasteiger partial charge on any atom is -0.308 e. The highest BCUT2D eigenvalue weighted by Gasteiger charge is 2.15. The van der Waals surface area contributed by atoms with Crippen molar-refractivity contribution < 1.29 is 8.42 Å². The summed E-state index contributed by atoms with van der Waals surface area (Å²) in [6.07, 6.45) is 4.19. The summed E-state index contributed by atoms with van der Waals surface area (Å²) in [5, 5.41) is 3.87. The number of nitrogen functional groups attached to an aromatic ring is 1. The van der Waals surface area contributed by atoms with Crippen molar-refractivity contribution in [1.82, 2.24) is 14.8 Å². The number of nitrogens with two attached hydrogens (primary N) is 1. The van der Waals surface area contributed by atoms with Crippen LogP contribution < -0.4 is 16.0 Å². The second-order valence-electron chi connectivity index (χ2n) is 3.53. The summed E-state index contributed by atoms with van der Waals surface area (Å²) in [5.41, 5.74) is 2.71. The molecule has 2 aromatic heterocycles. The van der Waals surface area contributed by atoms with Crippen LogP contribution >= 0.6 is 0 Å². The van der Waals surface area contributed by atoms with E-state index in [1.54, 1.807) is 13.2 Å². The Morgan fingerprint density at radius 2 is 2.11 bits per heavy atom. The van der Waals surface area contributed by atoms with Gasteiger partial charge in [-0.3, -0.25) is 9.40 Å². The number of nitrogens with zero attached hydrogens (tertiary/aromatic N) is 3. The van der Waals surface area contributed by atoms with Gasteiger partial charge in [0.2, 0.25) is 0 Å². The van der Waals surface area contributed by atoms with Crippen molar-refractivity contribution in [2.24, 2.45) is 12.9 Å². The summed E-state index contributed by atoms with van der Waals surface area (Å²) >= 11 is 0. The summed E-state index contributed by atoms with van der Waals surface area (Å²) in [6, 6.07) is 2.87. The van der Waals surface area contributed by atoms with Crippen LogP contribution in [-0.2, 0) is 17.1 Å². The number of nitrogens with one attached hydrogen (secondary N) is 2. The smallest absolute Gasteiger partial charge is 0.263 e. The second kappa shape index (κ2) is 4.63. The second-order valence-corrected chi connectivity index (χ2v) is 5.21. The highest BCUT2D eigenvalue weighted by molar-refractivity contribution is 7.92. The zero-order chi connectivity index (χ0) is 13.2. The standard InChI is InChI=1S/C9H12N6O2S/c1-15-6-7(4-12-15)14-18(16,17)8-2-3-9(13-10)11-5-8/h2-6,14H,10H2,1H3,(H,11,13). The van der Waals surface area contributed by atoms with E-state index in [-0.39, 0.29) is 4.90 Å². The number of hydrogen-bond donors (Lipinski definition) is 3. The van der Waals surface area contributed by atoms with Gasteiger partial charge in [0, 0.05) is 19.4 Å². The van der Waals surface area contributed by atoms with Gasteiger partial charge in [-0.1, -0.05) is 0 Å². The molecule has 2 rings (SSSR count). The van der Waals surface area contributed by atoms with E-state index in [9.17, 15) is 8.42 Å². The third-order valence-electron chi connectivity index (χ3n) is 2.15. The lowest BCUT2D eigenvalue weighted by molar-refractivity contribution is 0.601. The predicted molar refractivity (Wildman–Crippen MR) is 66.1 cm³/mol. The van der Waals surface area contributed by atoms with Gasteiger partial charge >= 0.3 is 0 Å². The van der Waals surface area contributed by atoms with Crippen LogP contribution in [0.2, 0.25) is 0 Å². The molecule has 2 heterocycles. The first kappa shape index (κ1) is 12.3. The molecule has 0 saturated carbocycles. The van der Waals surface area contributed by atoms with E-state index in [1.807, 2.05) is 0 Å². The van der Waals surface area contributed by atoms with Crippen LogP contribution in [0.15, 0.2) is 35.6 Å². The maximum Gasteiger partial charge on any atom is 0.263 e. The van der Waals surface area contributed by atoms with Crippen LogP contribution in [0.1, 0.15) is 0 Å². The minimum atomic E-state index is -3.66. The van der Waals surface area contributed by atoms with Gasteiger partial charge in [-0.25, -0.2) is 19.2 Å². The fourth-order valence-corrected chi connectivity index (χ4v) is 2.28. The van der Waals surface area contributed by atoms with Gasteiger partial charge in [0.15, 0.2) is 0 Å². The summed E-state index contributed by atoms with van der Waals surface area (Å²) in [5.74, 6) is 5.53. The van der Waals surface area contributed by atoms with E-state index < -0.39 is 10.0 Å². The number of pyridine rings is 1. The molecule has 0 amide bonds. The van der Waals surface area contributed by atoms with Gasteiger partial charge < -0.3 is 5.43 Å². The van der Waals surface area contributed by atoms with Gasteiger partial charge in [0.05, 0.1) is 11.9 Å². The van der Waals surface area contributed by atoms with Crippen LogP contribution in [-0.4, -0.2) is 23.2 Å². The molecule has 0 atom stereocenters. The largest absolute Gasteiger partial charge is 0.308 e. The molecular formula is C9H12N6O2S. The van der Waals surface area contributed by atoms with Gasteiger partial charge in [-0.05, 0) is 12.1 Å². The van der Waals surface area contributed by atoms with Crippen molar-refractivity contribution in [3.8, 4) is 0 Å². The van der Waals surface area contributed by atoms with Crippen molar-refractivity contribution in [3.63, 3.8) is 0 Å².